The van der Waals surface area contributed by atoms with Crippen molar-refractivity contribution in [1.82, 2.24) is 10.2 Å². The van der Waals surface area contributed by atoms with Crippen molar-refractivity contribution in [1.29, 1.82) is 0 Å². The monoisotopic (exact) mass is 682 g/mol. The van der Waals surface area contributed by atoms with Gasteiger partial charge in [0.2, 0.25) is 5.91 Å². The van der Waals surface area contributed by atoms with Gasteiger partial charge in [-0.05, 0) is 37.1 Å². The smallest absolute Gasteiger partial charge is 0.338 e. The Morgan fingerprint density at radius 2 is 1.28 bits per heavy atom. The van der Waals surface area contributed by atoms with Crippen LogP contribution in [-0.2, 0) is 22.4 Å². The summed E-state index contributed by atoms with van der Waals surface area (Å²) >= 11 is 0. The first-order chi connectivity index (χ1) is 24.2. The van der Waals surface area contributed by atoms with Crippen LogP contribution in [0.5, 0.6) is 34.5 Å². The van der Waals surface area contributed by atoms with Crippen LogP contribution in [-0.4, -0.2) is 78.1 Å². The summed E-state index contributed by atoms with van der Waals surface area (Å²) in [6.45, 7) is 3.71. The minimum Gasteiger partial charge on any atom is -0.496 e. The average molecular weight is 683 g/mol. The van der Waals surface area contributed by atoms with E-state index < -0.39 is 24.1 Å². The van der Waals surface area contributed by atoms with Gasteiger partial charge in [-0.15, -0.1) is 0 Å². The van der Waals surface area contributed by atoms with Gasteiger partial charge in [0.25, 0.3) is 0 Å². The Kier molecular flexibility index (Phi) is 8.63. The first-order valence-electron chi connectivity index (χ1n) is 16.6. The molecule has 0 radical (unpaired) electrons. The van der Waals surface area contributed by atoms with Gasteiger partial charge in [0.1, 0.15) is 18.1 Å². The molecule has 0 unspecified atom stereocenters. The predicted octanol–water partition coefficient (Wildman–Crippen LogP) is 5.43. The fraction of sp³-hybridized carbons (Fsp3) is 0.385. The molecule has 2 bridgehead atoms. The highest BCUT2D eigenvalue weighted by Crippen LogP contribution is 2.56. The minimum absolute atomic E-state index is 0.121. The summed E-state index contributed by atoms with van der Waals surface area (Å²) in [4.78, 5) is 30.5. The number of benzene rings is 4. The highest BCUT2D eigenvalue weighted by Gasteiger charge is 2.54. The van der Waals surface area contributed by atoms with Gasteiger partial charge in [-0.25, -0.2) is 4.79 Å². The third kappa shape index (κ3) is 4.81. The number of methoxy groups -OCH3 is 6. The lowest BCUT2D eigenvalue weighted by Crippen LogP contribution is -2.66. The second kappa shape index (κ2) is 12.9. The summed E-state index contributed by atoms with van der Waals surface area (Å²) in [7, 11) is 9.63. The summed E-state index contributed by atoms with van der Waals surface area (Å²) in [6.07, 6.45) is 0.774. The van der Waals surface area contributed by atoms with Crippen molar-refractivity contribution in [3.05, 3.63) is 81.4 Å². The number of nitrogens with one attached hydrogen (secondary N) is 1. The molecule has 0 aliphatic carbocycles. The number of carbonyl (C=O) groups excluding carboxylic acids is 2. The second-order valence-corrected chi connectivity index (χ2v) is 12.8. The van der Waals surface area contributed by atoms with E-state index in [2.05, 4.69) is 5.32 Å². The molecule has 1 fully saturated rings. The van der Waals surface area contributed by atoms with E-state index in [1.807, 2.05) is 55.1 Å². The first kappa shape index (κ1) is 33.3. The van der Waals surface area contributed by atoms with E-state index in [0.717, 1.165) is 38.6 Å². The van der Waals surface area contributed by atoms with Crippen LogP contribution >= 0.6 is 0 Å². The van der Waals surface area contributed by atoms with Crippen LogP contribution < -0.4 is 33.7 Å². The van der Waals surface area contributed by atoms with Crippen LogP contribution in [0.3, 0.4) is 0 Å². The number of fused-ring (bicyclic) bond motifs is 8. The number of piperazine rings is 1. The van der Waals surface area contributed by atoms with Gasteiger partial charge in [0.05, 0.1) is 72.4 Å². The molecular formula is C39H42N2O9. The number of hydrogen-bond acceptors (Lipinski definition) is 10. The molecule has 50 heavy (non-hydrogen) atoms. The molecule has 3 heterocycles. The van der Waals surface area contributed by atoms with Gasteiger partial charge in [0, 0.05) is 39.8 Å². The average Bonchev–Trinajstić information content (AvgIpc) is 3.14. The van der Waals surface area contributed by atoms with Crippen LogP contribution in [0.25, 0.3) is 10.8 Å². The standard InChI is InChI=1S/C39H42N2O9/c1-19-32(44-3)24-16-26-38(42)41-27(31(40-26)30(24)37(49-8)35(19)47-6)17-25-29(36(48-7)34(46-5)20(2)33(25)45-4)28(41)18-50-39(43)23-15-11-13-21-12-9-10-14-22(21)23/h9-15,26-28,31,40H,16-18H2,1-8H3/t26-,27+,28+,31-/m1/s1. The molecule has 1 amide bonds. The van der Waals surface area contributed by atoms with Crippen LogP contribution in [0, 0.1) is 13.8 Å². The number of hydrogen-bond donors (Lipinski definition) is 1. The normalized spacial score (nSPS) is 20.3. The van der Waals surface area contributed by atoms with Crippen molar-refractivity contribution in [3.8, 4) is 34.5 Å². The molecule has 11 nitrogen and oxygen atoms in total. The number of esters is 1. The van der Waals surface area contributed by atoms with E-state index in [1.54, 1.807) is 48.7 Å². The van der Waals surface area contributed by atoms with E-state index in [-0.39, 0.29) is 18.6 Å². The molecule has 0 aromatic heterocycles. The Hall–Kier alpha value is -5.16. The molecule has 1 N–H and O–H groups in total. The molecule has 4 aromatic rings. The fourth-order valence-corrected chi connectivity index (χ4v) is 8.58. The maximum absolute atomic E-state index is 14.8. The Balaban J connectivity index is 1.42. The summed E-state index contributed by atoms with van der Waals surface area (Å²) in [5, 5.41) is 5.35. The van der Waals surface area contributed by atoms with E-state index >= 15 is 0 Å². The molecule has 11 heteroatoms. The zero-order valence-corrected chi connectivity index (χ0v) is 29.6. The number of carbonyl (C=O) groups is 2. The van der Waals surface area contributed by atoms with Crippen molar-refractivity contribution >= 4 is 22.6 Å². The van der Waals surface area contributed by atoms with Crippen molar-refractivity contribution in [3.63, 3.8) is 0 Å². The van der Waals surface area contributed by atoms with Crippen LogP contribution in [0.15, 0.2) is 42.5 Å². The molecule has 4 atom stereocenters. The minimum atomic E-state index is -0.734. The number of amides is 1. The van der Waals surface area contributed by atoms with E-state index in [1.165, 1.54) is 0 Å². The number of ether oxygens (including phenoxy) is 7. The maximum atomic E-state index is 14.8. The summed E-state index contributed by atoms with van der Waals surface area (Å²) < 4.78 is 42.0. The van der Waals surface area contributed by atoms with Crippen molar-refractivity contribution in [2.45, 2.75) is 50.9 Å². The second-order valence-electron chi connectivity index (χ2n) is 12.8. The highest BCUT2D eigenvalue weighted by molar-refractivity contribution is 6.04. The molecule has 3 aliphatic heterocycles. The van der Waals surface area contributed by atoms with Crippen molar-refractivity contribution in [2.24, 2.45) is 0 Å². The fourth-order valence-electron chi connectivity index (χ4n) is 8.58. The first-order valence-corrected chi connectivity index (χ1v) is 16.6. The van der Waals surface area contributed by atoms with E-state index in [4.69, 9.17) is 33.2 Å². The van der Waals surface area contributed by atoms with E-state index in [0.29, 0.717) is 58.5 Å². The zero-order chi connectivity index (χ0) is 35.4. The number of rotatable bonds is 9. The summed E-state index contributed by atoms with van der Waals surface area (Å²) in [6, 6.07) is 11.1. The third-order valence-corrected chi connectivity index (χ3v) is 10.5. The van der Waals surface area contributed by atoms with Gasteiger partial charge in [-0.3, -0.25) is 10.1 Å². The highest BCUT2D eigenvalue weighted by atomic mass is 16.5. The molecule has 0 spiro atoms. The predicted molar refractivity (Wildman–Crippen MR) is 186 cm³/mol. The molecule has 3 aliphatic rings. The molecule has 262 valence electrons. The molecule has 0 saturated carbocycles. The largest absolute Gasteiger partial charge is 0.496 e. The number of nitrogens with zero attached hydrogens (tertiary/aromatic N) is 1. The summed E-state index contributed by atoms with van der Waals surface area (Å²) in [5.41, 5.74) is 5.32. The molecule has 4 aromatic carbocycles. The van der Waals surface area contributed by atoms with Gasteiger partial charge >= 0.3 is 5.97 Å². The lowest BCUT2D eigenvalue weighted by atomic mass is 9.74. The summed E-state index contributed by atoms with van der Waals surface area (Å²) in [5.74, 6) is 2.81. The zero-order valence-electron chi connectivity index (χ0n) is 29.6. The third-order valence-electron chi connectivity index (χ3n) is 10.5. The molecule has 1 saturated heterocycles. The Bertz CT molecular complexity index is 2020. The van der Waals surface area contributed by atoms with Crippen LogP contribution in [0.4, 0.5) is 0 Å². The lowest BCUT2D eigenvalue weighted by molar-refractivity contribution is -0.147. The SMILES string of the molecule is COc1c(C)c(OC)c(OC)c2c1C[C@H]1N[C@@H]2[C@@H]2Cc3c(OC)c(C)c(OC)c(OC)c3[C@H](COC(=O)c3cccc4ccccc34)N2C1=O. The molecular weight excluding hydrogens is 640 g/mol. The van der Waals surface area contributed by atoms with Gasteiger partial charge in [-0.1, -0.05) is 36.4 Å². The molecule has 7 rings (SSSR count). The van der Waals surface area contributed by atoms with E-state index in [9.17, 15) is 9.59 Å². The Labute approximate surface area is 291 Å². The van der Waals surface area contributed by atoms with Crippen molar-refractivity contribution < 1.29 is 42.7 Å². The lowest BCUT2D eigenvalue weighted by Gasteiger charge is -2.54. The van der Waals surface area contributed by atoms with Gasteiger partial charge in [-0.2, -0.15) is 0 Å². The maximum Gasteiger partial charge on any atom is 0.338 e. The van der Waals surface area contributed by atoms with Crippen molar-refractivity contribution in [2.75, 3.05) is 49.3 Å². The quantitative estimate of drug-likeness (QED) is 0.230. The van der Waals surface area contributed by atoms with Gasteiger partial charge < -0.3 is 38.1 Å². The topological polar surface area (TPSA) is 114 Å². The van der Waals surface area contributed by atoms with Crippen LogP contribution in [0.2, 0.25) is 0 Å². The van der Waals surface area contributed by atoms with Gasteiger partial charge in [0.15, 0.2) is 23.0 Å². The Morgan fingerprint density at radius 3 is 1.90 bits per heavy atom. The Morgan fingerprint density at radius 1 is 0.720 bits per heavy atom. The van der Waals surface area contributed by atoms with Crippen LogP contribution in [0.1, 0.15) is 55.8 Å².